The zero-order valence-corrected chi connectivity index (χ0v) is 11.5. The molecule has 0 amide bonds. The zero-order chi connectivity index (χ0) is 13.0. The van der Waals surface area contributed by atoms with Gasteiger partial charge in [0.15, 0.2) is 0 Å². The highest BCUT2D eigenvalue weighted by atomic mass is 32.2. The van der Waals surface area contributed by atoms with Crippen LogP contribution in [-0.4, -0.2) is 21.5 Å². The van der Waals surface area contributed by atoms with Crippen LogP contribution >= 0.6 is 0 Å². The predicted octanol–water partition coefficient (Wildman–Crippen LogP) is 2.34. The minimum absolute atomic E-state index is 0.0914. The Labute approximate surface area is 109 Å². The minimum Gasteiger partial charge on any atom is -0.387 e. The fourth-order valence-corrected chi connectivity index (χ4v) is 3.93. The summed E-state index contributed by atoms with van der Waals surface area (Å²) in [5.41, 5.74) is 0.640. The summed E-state index contributed by atoms with van der Waals surface area (Å²) in [6.07, 6.45) is 5.33. The summed E-state index contributed by atoms with van der Waals surface area (Å²) < 4.78 is 27.5. The van der Waals surface area contributed by atoms with Crippen molar-refractivity contribution in [3.8, 4) is 0 Å². The molecule has 18 heavy (non-hydrogen) atoms. The van der Waals surface area contributed by atoms with Gasteiger partial charge in [0.05, 0.1) is 5.69 Å². The Morgan fingerprint density at radius 3 is 2.44 bits per heavy atom. The van der Waals surface area contributed by atoms with Gasteiger partial charge in [-0.05, 0) is 25.0 Å². The van der Waals surface area contributed by atoms with Gasteiger partial charge in [0.25, 0.3) is 0 Å². The Kier molecular flexibility index (Phi) is 4.24. The monoisotopic (exact) mass is 268 g/mol. The summed E-state index contributed by atoms with van der Waals surface area (Å²) in [7, 11) is -1.68. The van der Waals surface area contributed by atoms with E-state index in [0.717, 1.165) is 25.7 Å². The number of nitrogens with one attached hydrogen (secondary N) is 2. The molecule has 1 saturated carbocycles. The second-order valence-electron chi connectivity index (χ2n) is 4.70. The summed E-state index contributed by atoms with van der Waals surface area (Å²) in [5, 5.41) is 2.92. The predicted molar refractivity (Wildman–Crippen MR) is 73.2 cm³/mol. The highest BCUT2D eigenvalue weighted by Gasteiger charge is 2.23. The molecule has 0 heterocycles. The third-order valence-corrected chi connectivity index (χ3v) is 4.95. The van der Waals surface area contributed by atoms with Crippen molar-refractivity contribution in [1.82, 2.24) is 4.72 Å². The van der Waals surface area contributed by atoms with Crippen molar-refractivity contribution in [1.29, 1.82) is 0 Å². The highest BCUT2D eigenvalue weighted by molar-refractivity contribution is 7.89. The lowest BCUT2D eigenvalue weighted by Crippen LogP contribution is -2.36. The highest BCUT2D eigenvalue weighted by Crippen LogP contribution is 2.23. The van der Waals surface area contributed by atoms with Crippen LogP contribution in [0.15, 0.2) is 29.2 Å². The second-order valence-corrected chi connectivity index (χ2v) is 6.38. The fourth-order valence-electron chi connectivity index (χ4n) is 2.41. The van der Waals surface area contributed by atoms with Gasteiger partial charge in [-0.15, -0.1) is 0 Å². The first-order valence-corrected chi connectivity index (χ1v) is 7.91. The number of sulfonamides is 1. The van der Waals surface area contributed by atoms with E-state index in [1.54, 1.807) is 25.2 Å². The van der Waals surface area contributed by atoms with Crippen molar-refractivity contribution < 1.29 is 8.42 Å². The standard InChI is InChI=1S/C13H20N2O2S/c1-14-12-9-5-6-10-13(12)18(16,17)15-11-7-3-2-4-8-11/h5-6,9-11,14-15H,2-4,7-8H2,1H3. The Balaban J connectivity index is 2.19. The lowest BCUT2D eigenvalue weighted by atomic mass is 9.96. The van der Waals surface area contributed by atoms with Crippen LogP contribution < -0.4 is 10.0 Å². The topological polar surface area (TPSA) is 58.2 Å². The first kappa shape index (κ1) is 13.4. The fraction of sp³-hybridized carbons (Fsp3) is 0.538. The number of hydrogen-bond donors (Lipinski definition) is 2. The molecule has 0 bridgehead atoms. The van der Waals surface area contributed by atoms with Crippen molar-refractivity contribution in [2.24, 2.45) is 0 Å². The van der Waals surface area contributed by atoms with Crippen molar-refractivity contribution in [2.75, 3.05) is 12.4 Å². The van der Waals surface area contributed by atoms with E-state index in [9.17, 15) is 8.42 Å². The van der Waals surface area contributed by atoms with Crippen molar-refractivity contribution in [3.05, 3.63) is 24.3 Å². The molecule has 2 rings (SSSR count). The summed E-state index contributed by atoms with van der Waals surface area (Å²) in [4.78, 5) is 0.332. The van der Waals surface area contributed by atoms with E-state index in [-0.39, 0.29) is 6.04 Å². The smallest absolute Gasteiger partial charge is 0.242 e. The Morgan fingerprint density at radius 2 is 1.78 bits per heavy atom. The quantitative estimate of drug-likeness (QED) is 0.881. The van der Waals surface area contributed by atoms with Gasteiger partial charge < -0.3 is 5.32 Å². The van der Waals surface area contributed by atoms with E-state index in [4.69, 9.17) is 0 Å². The van der Waals surface area contributed by atoms with Crippen LogP contribution in [0.25, 0.3) is 0 Å². The van der Waals surface area contributed by atoms with Crippen LogP contribution in [0.1, 0.15) is 32.1 Å². The molecule has 0 aliphatic heterocycles. The SMILES string of the molecule is CNc1ccccc1S(=O)(=O)NC1CCCCC1. The maximum Gasteiger partial charge on any atom is 0.242 e. The molecule has 0 radical (unpaired) electrons. The third kappa shape index (κ3) is 3.03. The molecule has 0 unspecified atom stereocenters. The van der Waals surface area contributed by atoms with E-state index in [1.165, 1.54) is 6.42 Å². The van der Waals surface area contributed by atoms with E-state index in [2.05, 4.69) is 10.0 Å². The summed E-state index contributed by atoms with van der Waals surface area (Å²) >= 11 is 0. The average molecular weight is 268 g/mol. The molecule has 0 spiro atoms. The molecule has 1 aliphatic rings. The van der Waals surface area contributed by atoms with Crippen LogP contribution in [0.3, 0.4) is 0 Å². The molecule has 1 aliphatic carbocycles. The number of anilines is 1. The molecule has 0 aromatic heterocycles. The molecule has 0 atom stereocenters. The Hall–Kier alpha value is -1.07. The second kappa shape index (κ2) is 5.71. The molecular formula is C13H20N2O2S. The van der Waals surface area contributed by atoms with Gasteiger partial charge in [0.2, 0.25) is 10.0 Å². The zero-order valence-electron chi connectivity index (χ0n) is 10.6. The molecule has 1 aromatic carbocycles. The van der Waals surface area contributed by atoms with Gasteiger partial charge in [-0.2, -0.15) is 0 Å². The normalized spacial score (nSPS) is 17.6. The minimum atomic E-state index is -3.42. The van der Waals surface area contributed by atoms with Gasteiger partial charge in [0.1, 0.15) is 4.90 Å². The van der Waals surface area contributed by atoms with E-state index in [1.807, 2.05) is 6.07 Å². The molecule has 2 N–H and O–H groups in total. The molecule has 1 aromatic rings. The first-order valence-electron chi connectivity index (χ1n) is 6.42. The van der Waals surface area contributed by atoms with Crippen LogP contribution in [0, 0.1) is 0 Å². The van der Waals surface area contributed by atoms with Crippen LogP contribution in [0.2, 0.25) is 0 Å². The van der Waals surface area contributed by atoms with Crippen molar-refractivity contribution >= 4 is 15.7 Å². The summed E-state index contributed by atoms with van der Waals surface area (Å²) in [5.74, 6) is 0. The first-order chi connectivity index (χ1) is 8.63. The van der Waals surface area contributed by atoms with Gasteiger partial charge >= 0.3 is 0 Å². The van der Waals surface area contributed by atoms with Crippen LogP contribution in [0.5, 0.6) is 0 Å². The van der Waals surface area contributed by atoms with Gasteiger partial charge in [-0.1, -0.05) is 31.4 Å². The largest absolute Gasteiger partial charge is 0.387 e. The molecule has 5 heteroatoms. The van der Waals surface area contributed by atoms with Crippen LogP contribution in [-0.2, 0) is 10.0 Å². The summed E-state index contributed by atoms with van der Waals surface area (Å²) in [6, 6.07) is 7.07. The summed E-state index contributed by atoms with van der Waals surface area (Å²) in [6.45, 7) is 0. The number of rotatable bonds is 4. The maximum atomic E-state index is 12.3. The molecule has 0 saturated heterocycles. The third-order valence-electron chi connectivity index (χ3n) is 3.37. The molecular weight excluding hydrogens is 248 g/mol. The molecule has 4 nitrogen and oxygen atoms in total. The molecule has 100 valence electrons. The lowest BCUT2D eigenvalue weighted by molar-refractivity contribution is 0.412. The van der Waals surface area contributed by atoms with Crippen molar-refractivity contribution in [3.63, 3.8) is 0 Å². The number of para-hydroxylation sites is 1. The Morgan fingerprint density at radius 1 is 1.11 bits per heavy atom. The average Bonchev–Trinajstić information content (AvgIpc) is 2.39. The Bertz CT molecular complexity index is 493. The van der Waals surface area contributed by atoms with Gasteiger partial charge in [-0.3, -0.25) is 0 Å². The van der Waals surface area contributed by atoms with Gasteiger partial charge in [-0.25, -0.2) is 13.1 Å². The number of benzene rings is 1. The van der Waals surface area contributed by atoms with Crippen molar-refractivity contribution in [2.45, 2.75) is 43.0 Å². The van der Waals surface area contributed by atoms with E-state index >= 15 is 0 Å². The van der Waals surface area contributed by atoms with Crippen LogP contribution in [0.4, 0.5) is 5.69 Å². The number of hydrogen-bond acceptors (Lipinski definition) is 3. The van der Waals surface area contributed by atoms with E-state index < -0.39 is 10.0 Å². The maximum absolute atomic E-state index is 12.3. The van der Waals surface area contributed by atoms with Gasteiger partial charge in [0, 0.05) is 13.1 Å². The molecule has 1 fully saturated rings. The lowest BCUT2D eigenvalue weighted by Gasteiger charge is -2.23. The van der Waals surface area contributed by atoms with E-state index in [0.29, 0.717) is 10.6 Å².